The van der Waals surface area contributed by atoms with Gasteiger partial charge in [-0.25, -0.2) is 9.97 Å². The van der Waals surface area contributed by atoms with Crippen LogP contribution in [-0.2, 0) is 10.9 Å². The summed E-state index contributed by atoms with van der Waals surface area (Å²) in [5.74, 6) is 2.21. The predicted octanol–water partition coefficient (Wildman–Crippen LogP) is 4.09. The van der Waals surface area contributed by atoms with E-state index in [0.29, 0.717) is 47.1 Å². The van der Waals surface area contributed by atoms with Crippen LogP contribution in [0.5, 0.6) is 0 Å². The molecule has 6 nitrogen and oxygen atoms in total. The Kier molecular flexibility index (Phi) is 4.60. The zero-order chi connectivity index (χ0) is 22.2. The second-order valence-corrected chi connectivity index (χ2v) is 9.93. The van der Waals surface area contributed by atoms with Crippen LogP contribution in [0.15, 0.2) is 18.5 Å². The monoisotopic (exact) mass is 447 g/mol. The molecule has 3 aliphatic carbocycles. The van der Waals surface area contributed by atoms with Gasteiger partial charge in [0.1, 0.15) is 11.6 Å². The Morgan fingerprint density at radius 2 is 1.94 bits per heavy atom. The lowest BCUT2D eigenvalue weighted by molar-refractivity contribution is -0.137. The van der Waals surface area contributed by atoms with Gasteiger partial charge in [-0.3, -0.25) is 4.90 Å². The molecule has 4 aliphatic rings. The summed E-state index contributed by atoms with van der Waals surface area (Å²) >= 11 is 0. The van der Waals surface area contributed by atoms with Crippen molar-refractivity contribution >= 4 is 5.82 Å². The van der Waals surface area contributed by atoms with E-state index in [1.54, 1.807) is 0 Å². The number of fused-ring (bicyclic) bond motifs is 1. The Hall–Kier alpha value is -2.13. The van der Waals surface area contributed by atoms with E-state index in [-0.39, 0.29) is 0 Å². The van der Waals surface area contributed by atoms with E-state index < -0.39 is 17.6 Å². The molecule has 3 saturated carbocycles. The minimum Gasteiger partial charge on any atom is -0.383 e. The van der Waals surface area contributed by atoms with Crippen LogP contribution in [0.3, 0.4) is 0 Å². The molecule has 4 fully saturated rings. The third-order valence-electron chi connectivity index (χ3n) is 7.81. The number of hydrogen-bond acceptors (Lipinski definition) is 5. The van der Waals surface area contributed by atoms with Crippen LogP contribution in [0.4, 0.5) is 19.0 Å². The predicted molar refractivity (Wildman–Crippen MR) is 113 cm³/mol. The summed E-state index contributed by atoms with van der Waals surface area (Å²) in [6, 6.07) is 2.58. The number of nitrogens with two attached hydrogens (primary N) is 1. The molecule has 1 unspecified atom stereocenters. The number of alkyl halides is 3. The summed E-state index contributed by atoms with van der Waals surface area (Å²) in [7, 11) is 0. The van der Waals surface area contributed by atoms with E-state index in [4.69, 9.17) is 15.5 Å². The molecule has 1 saturated heterocycles. The first-order valence-electron chi connectivity index (χ1n) is 11.6. The number of aromatic nitrogens is 3. The van der Waals surface area contributed by atoms with Gasteiger partial charge in [-0.2, -0.15) is 13.2 Å². The largest absolute Gasteiger partial charge is 0.419 e. The molecule has 1 aliphatic heterocycles. The number of nitrogen functional groups attached to an aromatic ring is 1. The Balaban J connectivity index is 1.25. The van der Waals surface area contributed by atoms with Crippen molar-refractivity contribution in [1.82, 2.24) is 19.4 Å². The number of nitrogens with zero attached hydrogens (tertiary/aromatic N) is 4. The van der Waals surface area contributed by atoms with E-state index >= 15 is 0 Å². The van der Waals surface area contributed by atoms with Crippen LogP contribution in [0.25, 0.3) is 11.3 Å². The van der Waals surface area contributed by atoms with Crippen molar-refractivity contribution in [2.24, 2.45) is 11.8 Å². The molecule has 0 aromatic carbocycles. The van der Waals surface area contributed by atoms with Gasteiger partial charge in [0.05, 0.1) is 24.5 Å². The molecular formula is C23H28F3N5O. The van der Waals surface area contributed by atoms with Crippen LogP contribution in [0.2, 0.25) is 0 Å². The maximum atomic E-state index is 13.3. The summed E-state index contributed by atoms with van der Waals surface area (Å²) in [4.78, 5) is 11.2. The molecule has 2 aromatic rings. The number of anilines is 1. The van der Waals surface area contributed by atoms with Crippen molar-refractivity contribution in [3.05, 3.63) is 29.8 Å². The Morgan fingerprint density at radius 1 is 1.19 bits per heavy atom. The number of imidazole rings is 1. The zero-order valence-electron chi connectivity index (χ0n) is 18.1. The van der Waals surface area contributed by atoms with Crippen LogP contribution in [-0.4, -0.2) is 51.3 Å². The topological polar surface area (TPSA) is 69.2 Å². The summed E-state index contributed by atoms with van der Waals surface area (Å²) in [6.45, 7) is 4.86. The molecule has 172 valence electrons. The summed E-state index contributed by atoms with van der Waals surface area (Å²) in [6.07, 6.45) is 3.38. The van der Waals surface area contributed by atoms with Crippen molar-refractivity contribution in [2.45, 2.75) is 62.8 Å². The number of morpholine rings is 1. The quantitative estimate of drug-likeness (QED) is 0.765. The first-order valence-corrected chi connectivity index (χ1v) is 11.6. The van der Waals surface area contributed by atoms with Gasteiger partial charge in [-0.1, -0.05) is 0 Å². The first-order chi connectivity index (χ1) is 15.3. The van der Waals surface area contributed by atoms with Crippen molar-refractivity contribution in [3.63, 3.8) is 0 Å². The fraction of sp³-hybridized carbons (Fsp3) is 0.652. The molecule has 3 heterocycles. The van der Waals surface area contributed by atoms with Crippen LogP contribution >= 0.6 is 0 Å². The molecule has 6 rings (SSSR count). The maximum absolute atomic E-state index is 13.3. The fourth-order valence-electron chi connectivity index (χ4n) is 6.02. The lowest BCUT2D eigenvalue weighted by Crippen LogP contribution is -2.49. The molecule has 0 bridgehead atoms. The maximum Gasteiger partial charge on any atom is 0.419 e. The Labute approximate surface area is 185 Å². The van der Waals surface area contributed by atoms with Crippen molar-refractivity contribution in [3.8, 4) is 11.3 Å². The Morgan fingerprint density at radius 3 is 2.59 bits per heavy atom. The van der Waals surface area contributed by atoms with E-state index in [1.807, 2.05) is 6.20 Å². The van der Waals surface area contributed by atoms with Gasteiger partial charge in [-0.15, -0.1) is 0 Å². The highest BCUT2D eigenvalue weighted by Gasteiger charge is 2.59. The molecule has 2 N–H and O–H groups in total. The molecule has 0 amide bonds. The average Bonchev–Trinajstić information content (AvgIpc) is 3.62. The normalized spacial score (nSPS) is 32.8. The third-order valence-corrected chi connectivity index (χ3v) is 7.81. The van der Waals surface area contributed by atoms with Crippen molar-refractivity contribution in [2.75, 3.05) is 25.5 Å². The lowest BCUT2D eigenvalue weighted by atomic mass is 10.1. The molecule has 5 atom stereocenters. The van der Waals surface area contributed by atoms with Crippen LogP contribution in [0, 0.1) is 11.8 Å². The smallest absolute Gasteiger partial charge is 0.383 e. The molecule has 2 aromatic heterocycles. The minimum atomic E-state index is -4.53. The SMILES string of the molecule is C[C@H]1COCCN1C1C[C@@H]2[C@H](C1)[C@H]2n1cc(-c2cnc(N)c(C(F)(F)F)c2)nc1C1CC1. The standard InChI is InChI=1S/C23H28F3N5O/c1-12-11-32-5-4-30(12)15-7-16-17(8-15)20(16)31-10-19(29-22(31)13-2-3-13)14-6-18(23(24,25)26)21(27)28-9-14/h6,9-10,12-13,15-17,20H,2-5,7-8,11H2,1H3,(H2,27,28)/t12-,15?,16-,17+,20+/m0/s1. The lowest BCUT2D eigenvalue weighted by Gasteiger charge is -2.38. The van der Waals surface area contributed by atoms with Gasteiger partial charge in [-0.05, 0) is 50.5 Å². The summed E-state index contributed by atoms with van der Waals surface area (Å²) in [5.41, 5.74) is 5.52. The van der Waals surface area contributed by atoms with Gasteiger partial charge >= 0.3 is 6.18 Å². The Bertz CT molecular complexity index is 1020. The van der Waals surface area contributed by atoms with Gasteiger partial charge in [0, 0.05) is 48.5 Å². The van der Waals surface area contributed by atoms with E-state index in [1.165, 1.54) is 19.0 Å². The summed E-state index contributed by atoms with van der Waals surface area (Å²) < 4.78 is 47.8. The molecule has 9 heteroatoms. The average molecular weight is 448 g/mol. The molecule has 32 heavy (non-hydrogen) atoms. The highest BCUT2D eigenvalue weighted by Crippen LogP contribution is 2.63. The van der Waals surface area contributed by atoms with Gasteiger partial charge in [0.15, 0.2) is 0 Å². The first kappa shape index (κ1) is 20.5. The van der Waals surface area contributed by atoms with Gasteiger partial charge in [0.25, 0.3) is 0 Å². The second kappa shape index (κ2) is 7.18. The highest BCUT2D eigenvalue weighted by atomic mass is 19.4. The van der Waals surface area contributed by atoms with Crippen molar-refractivity contribution < 1.29 is 17.9 Å². The van der Waals surface area contributed by atoms with E-state index in [9.17, 15) is 13.2 Å². The number of pyridine rings is 1. The van der Waals surface area contributed by atoms with Crippen molar-refractivity contribution in [1.29, 1.82) is 0 Å². The van der Waals surface area contributed by atoms with Crippen LogP contribution in [0.1, 0.15) is 56.0 Å². The number of ether oxygens (including phenoxy) is 1. The van der Waals surface area contributed by atoms with Crippen LogP contribution < -0.4 is 5.73 Å². The van der Waals surface area contributed by atoms with Gasteiger partial charge in [0.2, 0.25) is 0 Å². The number of rotatable bonds is 4. The second-order valence-electron chi connectivity index (χ2n) is 9.93. The number of hydrogen-bond donors (Lipinski definition) is 1. The molecular weight excluding hydrogens is 419 g/mol. The molecule has 0 spiro atoms. The van der Waals surface area contributed by atoms with Gasteiger partial charge < -0.3 is 15.0 Å². The molecule has 0 radical (unpaired) electrons. The third kappa shape index (κ3) is 3.41. The fourth-order valence-corrected chi connectivity index (χ4v) is 6.02. The number of halogens is 3. The van der Waals surface area contributed by atoms with E-state index in [0.717, 1.165) is 44.5 Å². The van der Waals surface area contributed by atoms with E-state index in [2.05, 4.69) is 21.4 Å². The summed E-state index contributed by atoms with van der Waals surface area (Å²) in [5, 5.41) is 0. The highest BCUT2D eigenvalue weighted by molar-refractivity contribution is 5.62. The zero-order valence-corrected chi connectivity index (χ0v) is 18.1. The minimum absolute atomic E-state index is 0.373.